The van der Waals surface area contributed by atoms with Crippen LogP contribution in [0.5, 0.6) is 0 Å². The normalized spacial score (nSPS) is 15.2. The van der Waals surface area contributed by atoms with Crippen LogP contribution in [0.25, 0.3) is 0 Å². The van der Waals surface area contributed by atoms with Crippen molar-refractivity contribution in [3.63, 3.8) is 0 Å². The number of rotatable bonds is 5. The van der Waals surface area contributed by atoms with E-state index in [2.05, 4.69) is 5.32 Å². The molecule has 0 fully saturated rings. The van der Waals surface area contributed by atoms with Crippen LogP contribution in [-0.2, 0) is 27.7 Å². The van der Waals surface area contributed by atoms with Crippen molar-refractivity contribution < 1.29 is 13.2 Å². The van der Waals surface area contributed by atoms with E-state index in [0.29, 0.717) is 0 Å². The molecule has 0 spiro atoms. The quantitative estimate of drug-likeness (QED) is 0.885. The summed E-state index contributed by atoms with van der Waals surface area (Å²) in [5.74, 6) is -0.286. The lowest BCUT2D eigenvalue weighted by Gasteiger charge is -2.25. The topological polar surface area (TPSA) is 66.5 Å². The molecule has 0 saturated heterocycles. The van der Waals surface area contributed by atoms with Crippen LogP contribution < -0.4 is 5.32 Å². The smallest absolute Gasteiger partial charge is 0.243 e. The highest BCUT2D eigenvalue weighted by Crippen LogP contribution is 2.25. The molecule has 5 nitrogen and oxygen atoms in total. The minimum Gasteiger partial charge on any atom is -0.350 e. The predicted octanol–water partition coefficient (Wildman–Crippen LogP) is 2.49. The largest absolute Gasteiger partial charge is 0.350 e. The molecule has 6 heteroatoms. The molecule has 1 aromatic carbocycles. The van der Waals surface area contributed by atoms with Gasteiger partial charge in [-0.15, -0.1) is 0 Å². The van der Waals surface area contributed by atoms with Gasteiger partial charge in [-0.2, -0.15) is 4.31 Å². The van der Waals surface area contributed by atoms with Crippen LogP contribution >= 0.6 is 0 Å². The number of carbonyl (C=O) groups is 1. The summed E-state index contributed by atoms with van der Waals surface area (Å²) in [4.78, 5) is 12.4. The summed E-state index contributed by atoms with van der Waals surface area (Å²) in [6.45, 7) is 7.47. The molecular weight excluding hydrogens is 324 g/mol. The van der Waals surface area contributed by atoms with Gasteiger partial charge in [0.2, 0.25) is 15.9 Å². The van der Waals surface area contributed by atoms with E-state index < -0.39 is 10.0 Å². The Balaban J connectivity index is 2.22. The monoisotopic (exact) mass is 352 g/mol. The standard InChI is InChI=1S/C18H28N2O3S/c1-5-20(13-17(21)19-18(2,3)4)24(22,23)16-11-10-14-8-6-7-9-15(14)12-16/h10-12H,5-9,13H2,1-4H3,(H,19,21). The summed E-state index contributed by atoms with van der Waals surface area (Å²) in [5.41, 5.74) is 1.98. The molecule has 2 rings (SSSR count). The first-order valence-corrected chi connectivity index (χ1v) is 10.0. The van der Waals surface area contributed by atoms with Crippen LogP contribution in [0.2, 0.25) is 0 Å². The average molecular weight is 353 g/mol. The molecule has 0 atom stereocenters. The third-order valence-corrected chi connectivity index (χ3v) is 6.06. The van der Waals surface area contributed by atoms with E-state index in [1.165, 1.54) is 9.87 Å². The molecule has 1 aromatic rings. The van der Waals surface area contributed by atoms with Gasteiger partial charge in [0.1, 0.15) is 0 Å². The Morgan fingerprint density at radius 1 is 1.17 bits per heavy atom. The average Bonchev–Trinajstić information content (AvgIpc) is 2.50. The van der Waals surface area contributed by atoms with Gasteiger partial charge < -0.3 is 5.32 Å². The summed E-state index contributed by atoms with van der Waals surface area (Å²) in [7, 11) is -3.66. The van der Waals surface area contributed by atoms with Crippen LogP contribution in [0.3, 0.4) is 0 Å². The van der Waals surface area contributed by atoms with E-state index >= 15 is 0 Å². The number of benzene rings is 1. The number of likely N-dealkylation sites (N-methyl/N-ethyl adjacent to an activating group) is 1. The fraction of sp³-hybridized carbons (Fsp3) is 0.611. The fourth-order valence-electron chi connectivity index (χ4n) is 3.00. The number of fused-ring (bicyclic) bond motifs is 1. The lowest BCUT2D eigenvalue weighted by atomic mass is 9.92. The maximum atomic E-state index is 12.9. The molecule has 0 saturated carbocycles. The molecule has 1 aliphatic rings. The SMILES string of the molecule is CCN(CC(=O)NC(C)(C)C)S(=O)(=O)c1ccc2c(c1)CCCC2. The van der Waals surface area contributed by atoms with Crippen molar-refractivity contribution in [2.45, 2.75) is 63.8 Å². The van der Waals surface area contributed by atoms with E-state index in [9.17, 15) is 13.2 Å². The first-order valence-electron chi connectivity index (χ1n) is 8.56. The Kier molecular flexibility index (Phi) is 5.71. The summed E-state index contributed by atoms with van der Waals surface area (Å²) in [6.07, 6.45) is 4.20. The van der Waals surface area contributed by atoms with Crippen LogP contribution in [0, 0.1) is 0 Å². The van der Waals surface area contributed by atoms with Crippen LogP contribution in [0.1, 0.15) is 51.7 Å². The van der Waals surface area contributed by atoms with E-state index in [0.717, 1.165) is 31.2 Å². The summed E-state index contributed by atoms with van der Waals surface area (Å²) in [6, 6.07) is 5.38. The molecule has 24 heavy (non-hydrogen) atoms. The minimum atomic E-state index is -3.66. The lowest BCUT2D eigenvalue weighted by molar-refractivity contribution is -0.122. The van der Waals surface area contributed by atoms with E-state index in [-0.39, 0.29) is 29.4 Å². The van der Waals surface area contributed by atoms with Gasteiger partial charge in [0.05, 0.1) is 11.4 Å². The summed E-state index contributed by atoms with van der Waals surface area (Å²) >= 11 is 0. The summed E-state index contributed by atoms with van der Waals surface area (Å²) < 4.78 is 27.0. The van der Waals surface area contributed by atoms with Crippen LogP contribution in [-0.4, -0.2) is 37.3 Å². The van der Waals surface area contributed by atoms with E-state index in [1.54, 1.807) is 19.1 Å². The summed E-state index contributed by atoms with van der Waals surface area (Å²) in [5, 5.41) is 2.81. The van der Waals surface area contributed by atoms with Gasteiger partial charge in [-0.1, -0.05) is 13.0 Å². The first-order chi connectivity index (χ1) is 11.1. The van der Waals surface area contributed by atoms with Crippen molar-refractivity contribution >= 4 is 15.9 Å². The number of hydrogen-bond acceptors (Lipinski definition) is 3. The highest BCUT2D eigenvalue weighted by Gasteiger charge is 2.27. The number of hydrogen-bond donors (Lipinski definition) is 1. The molecule has 0 unspecified atom stereocenters. The second-order valence-electron chi connectivity index (χ2n) is 7.37. The number of carbonyl (C=O) groups excluding carboxylic acids is 1. The number of sulfonamides is 1. The van der Waals surface area contributed by atoms with Crippen molar-refractivity contribution in [1.82, 2.24) is 9.62 Å². The molecule has 0 aromatic heterocycles. The van der Waals surface area contributed by atoms with Gasteiger partial charge >= 0.3 is 0 Å². The lowest BCUT2D eigenvalue weighted by Crippen LogP contribution is -2.47. The Morgan fingerprint density at radius 2 is 1.79 bits per heavy atom. The maximum Gasteiger partial charge on any atom is 0.243 e. The van der Waals surface area contributed by atoms with Gasteiger partial charge in [-0.25, -0.2) is 8.42 Å². The van der Waals surface area contributed by atoms with Gasteiger partial charge in [-0.05, 0) is 69.7 Å². The molecular formula is C18H28N2O3S. The van der Waals surface area contributed by atoms with Gasteiger partial charge in [-0.3, -0.25) is 4.79 Å². The highest BCUT2D eigenvalue weighted by atomic mass is 32.2. The zero-order chi connectivity index (χ0) is 18.0. The van der Waals surface area contributed by atoms with Crippen LogP contribution in [0.15, 0.2) is 23.1 Å². The van der Waals surface area contributed by atoms with Gasteiger partial charge in [0.25, 0.3) is 0 Å². The zero-order valence-electron chi connectivity index (χ0n) is 15.1. The second kappa shape index (κ2) is 7.23. The molecule has 1 N–H and O–H groups in total. The zero-order valence-corrected chi connectivity index (χ0v) is 15.9. The Bertz CT molecular complexity index is 705. The number of nitrogens with one attached hydrogen (secondary N) is 1. The van der Waals surface area contributed by atoms with Crippen molar-refractivity contribution in [2.24, 2.45) is 0 Å². The van der Waals surface area contributed by atoms with Crippen molar-refractivity contribution in [3.8, 4) is 0 Å². The van der Waals surface area contributed by atoms with Gasteiger partial charge in [0, 0.05) is 12.1 Å². The molecule has 134 valence electrons. The van der Waals surface area contributed by atoms with Crippen molar-refractivity contribution in [1.29, 1.82) is 0 Å². The van der Waals surface area contributed by atoms with E-state index in [4.69, 9.17) is 0 Å². The molecule has 0 aliphatic heterocycles. The second-order valence-corrected chi connectivity index (χ2v) is 9.30. The van der Waals surface area contributed by atoms with E-state index in [1.807, 2.05) is 26.8 Å². The number of nitrogens with zero attached hydrogens (tertiary/aromatic N) is 1. The van der Waals surface area contributed by atoms with Gasteiger partial charge in [0.15, 0.2) is 0 Å². The molecule has 0 radical (unpaired) electrons. The van der Waals surface area contributed by atoms with Crippen molar-refractivity contribution in [3.05, 3.63) is 29.3 Å². The third-order valence-electron chi connectivity index (χ3n) is 4.14. The number of aryl methyl sites for hydroxylation is 2. The molecule has 0 bridgehead atoms. The fourth-order valence-corrected chi connectivity index (χ4v) is 4.46. The minimum absolute atomic E-state index is 0.160. The third kappa shape index (κ3) is 4.57. The van der Waals surface area contributed by atoms with Crippen LogP contribution in [0.4, 0.5) is 0 Å². The Labute approximate surface area is 145 Å². The Hall–Kier alpha value is -1.40. The maximum absolute atomic E-state index is 12.9. The predicted molar refractivity (Wildman–Crippen MR) is 95.4 cm³/mol. The highest BCUT2D eigenvalue weighted by molar-refractivity contribution is 7.89. The number of amides is 1. The Morgan fingerprint density at radius 3 is 2.38 bits per heavy atom. The molecule has 0 heterocycles. The first kappa shape index (κ1) is 18.9. The van der Waals surface area contributed by atoms with Crippen molar-refractivity contribution in [2.75, 3.05) is 13.1 Å². The molecule has 1 aliphatic carbocycles. The molecule has 1 amide bonds.